The van der Waals surface area contributed by atoms with Gasteiger partial charge in [0.2, 0.25) is 0 Å². The van der Waals surface area contributed by atoms with Crippen molar-refractivity contribution in [3.63, 3.8) is 0 Å². The predicted octanol–water partition coefficient (Wildman–Crippen LogP) is 5.07. The number of carbonyl (C=O) groups excluding carboxylic acids is 1. The summed E-state index contributed by atoms with van der Waals surface area (Å²) in [5.41, 5.74) is 5.05. The van der Waals surface area contributed by atoms with Gasteiger partial charge in [0.1, 0.15) is 11.3 Å². The first-order valence-corrected chi connectivity index (χ1v) is 12.0. The Morgan fingerprint density at radius 1 is 1.13 bits per heavy atom. The number of hydrogen-bond acceptors (Lipinski definition) is 5. The monoisotopic (exact) mass is 435 g/mol. The molecule has 0 aliphatic carbocycles. The minimum absolute atomic E-state index is 0.0742. The summed E-state index contributed by atoms with van der Waals surface area (Å²) in [5, 5.41) is 7.04. The summed E-state index contributed by atoms with van der Waals surface area (Å²) >= 11 is 1.76. The van der Waals surface area contributed by atoms with Crippen LogP contribution in [0.5, 0.6) is 0 Å². The molecule has 1 aliphatic heterocycles. The van der Waals surface area contributed by atoms with E-state index in [4.69, 9.17) is 4.52 Å². The molecule has 1 N–H and O–H groups in total. The topological polar surface area (TPSA) is 58.4 Å². The molecule has 31 heavy (non-hydrogen) atoms. The molecule has 0 saturated carbocycles. The summed E-state index contributed by atoms with van der Waals surface area (Å²) in [6.45, 7) is 6.46. The van der Waals surface area contributed by atoms with Gasteiger partial charge < -0.3 is 9.84 Å². The van der Waals surface area contributed by atoms with Crippen LogP contribution in [0.1, 0.15) is 40.2 Å². The second-order valence-electron chi connectivity index (χ2n) is 8.15. The van der Waals surface area contributed by atoms with Crippen LogP contribution in [-0.2, 0) is 6.54 Å². The number of carbonyl (C=O) groups is 1. The molecule has 6 heteroatoms. The molecule has 0 spiro atoms. The Morgan fingerprint density at radius 3 is 2.52 bits per heavy atom. The van der Waals surface area contributed by atoms with Crippen molar-refractivity contribution >= 4 is 17.7 Å². The van der Waals surface area contributed by atoms with Crippen molar-refractivity contribution in [2.45, 2.75) is 44.2 Å². The number of aromatic nitrogens is 1. The lowest BCUT2D eigenvalue weighted by molar-refractivity contribution is 0.0907. The molecule has 4 rings (SSSR count). The molecule has 2 heterocycles. The summed E-state index contributed by atoms with van der Waals surface area (Å²) in [5.74, 6) is 0.505. The zero-order chi connectivity index (χ0) is 21.8. The summed E-state index contributed by atoms with van der Waals surface area (Å²) < 4.78 is 5.12. The lowest BCUT2D eigenvalue weighted by Gasteiger charge is -2.32. The van der Waals surface area contributed by atoms with E-state index < -0.39 is 0 Å². The molecule has 1 aliphatic rings. The second kappa shape index (κ2) is 9.71. The van der Waals surface area contributed by atoms with Gasteiger partial charge in [-0.2, -0.15) is 0 Å². The first-order chi connectivity index (χ1) is 15.0. The van der Waals surface area contributed by atoms with E-state index in [0.29, 0.717) is 17.0 Å². The van der Waals surface area contributed by atoms with Crippen LogP contribution < -0.4 is 5.32 Å². The summed E-state index contributed by atoms with van der Waals surface area (Å²) in [6, 6.07) is 17.7. The van der Waals surface area contributed by atoms with Crippen molar-refractivity contribution < 1.29 is 9.32 Å². The largest absolute Gasteiger partial charge is 0.361 e. The zero-order valence-electron chi connectivity index (χ0n) is 18.4. The highest BCUT2D eigenvalue weighted by Gasteiger charge is 2.24. The lowest BCUT2D eigenvalue weighted by atomic mass is 10.0. The van der Waals surface area contributed by atoms with E-state index in [9.17, 15) is 4.79 Å². The lowest BCUT2D eigenvalue weighted by Crippen LogP contribution is -2.44. The van der Waals surface area contributed by atoms with Crippen LogP contribution in [0.2, 0.25) is 0 Å². The van der Waals surface area contributed by atoms with Gasteiger partial charge in [-0.25, -0.2) is 0 Å². The maximum Gasteiger partial charge on any atom is 0.257 e. The third-order valence-corrected chi connectivity index (χ3v) is 6.68. The molecule has 0 atom stereocenters. The van der Waals surface area contributed by atoms with Gasteiger partial charge in [-0.3, -0.25) is 9.69 Å². The number of thioether (sulfide) groups is 1. The zero-order valence-corrected chi connectivity index (χ0v) is 19.2. The number of hydrogen-bond donors (Lipinski definition) is 1. The molecular weight excluding hydrogens is 406 g/mol. The van der Waals surface area contributed by atoms with Crippen LogP contribution in [-0.4, -0.2) is 41.4 Å². The van der Waals surface area contributed by atoms with Crippen molar-refractivity contribution in [2.75, 3.05) is 19.3 Å². The molecule has 0 radical (unpaired) electrons. The molecule has 1 fully saturated rings. The minimum Gasteiger partial charge on any atom is -0.361 e. The van der Waals surface area contributed by atoms with E-state index in [2.05, 4.69) is 70.2 Å². The maximum absolute atomic E-state index is 12.6. The molecule has 3 aromatic rings. The molecule has 2 aromatic carbocycles. The van der Waals surface area contributed by atoms with Crippen LogP contribution in [0, 0.1) is 13.8 Å². The normalized spacial score (nSPS) is 15.2. The van der Waals surface area contributed by atoms with Crippen LogP contribution in [0.4, 0.5) is 0 Å². The van der Waals surface area contributed by atoms with E-state index >= 15 is 0 Å². The van der Waals surface area contributed by atoms with Gasteiger partial charge >= 0.3 is 0 Å². The number of amides is 1. The van der Waals surface area contributed by atoms with Crippen LogP contribution in [0.3, 0.4) is 0 Å². The van der Waals surface area contributed by atoms with Gasteiger partial charge in [-0.05, 0) is 67.8 Å². The molecule has 162 valence electrons. The molecule has 0 unspecified atom stereocenters. The number of nitrogens with zero attached hydrogens (tertiary/aromatic N) is 2. The number of aryl methyl sites for hydroxylation is 2. The third-order valence-electron chi connectivity index (χ3n) is 5.94. The summed E-state index contributed by atoms with van der Waals surface area (Å²) in [6.07, 6.45) is 4.00. The summed E-state index contributed by atoms with van der Waals surface area (Å²) in [4.78, 5) is 16.3. The average Bonchev–Trinajstić information content (AvgIpc) is 3.13. The Bertz CT molecular complexity index is 1020. The molecular formula is C25H29N3O2S. The number of rotatable bonds is 6. The van der Waals surface area contributed by atoms with Crippen LogP contribution in [0.15, 0.2) is 57.9 Å². The predicted molar refractivity (Wildman–Crippen MR) is 125 cm³/mol. The highest BCUT2D eigenvalue weighted by atomic mass is 32.2. The van der Waals surface area contributed by atoms with E-state index in [1.54, 1.807) is 25.6 Å². The van der Waals surface area contributed by atoms with E-state index in [1.807, 2.05) is 0 Å². The maximum atomic E-state index is 12.6. The smallest absolute Gasteiger partial charge is 0.257 e. The van der Waals surface area contributed by atoms with Crippen molar-refractivity contribution in [2.24, 2.45) is 0 Å². The van der Waals surface area contributed by atoms with Gasteiger partial charge in [0.05, 0.1) is 5.69 Å². The Kier molecular flexibility index (Phi) is 6.78. The van der Waals surface area contributed by atoms with E-state index in [1.165, 1.54) is 21.6 Å². The Balaban J connectivity index is 1.32. The van der Waals surface area contributed by atoms with Gasteiger partial charge in [0.15, 0.2) is 0 Å². The molecule has 1 saturated heterocycles. The number of likely N-dealkylation sites (tertiary alicyclic amines) is 1. The van der Waals surface area contributed by atoms with Gasteiger partial charge in [-0.1, -0.05) is 35.5 Å². The average molecular weight is 436 g/mol. The third kappa shape index (κ3) is 5.20. The van der Waals surface area contributed by atoms with Crippen molar-refractivity contribution in [1.82, 2.24) is 15.4 Å². The Labute approximate surface area is 188 Å². The summed E-state index contributed by atoms with van der Waals surface area (Å²) in [7, 11) is 0. The quantitative estimate of drug-likeness (QED) is 0.548. The van der Waals surface area contributed by atoms with Gasteiger partial charge in [0, 0.05) is 30.6 Å². The van der Waals surface area contributed by atoms with Crippen LogP contribution in [0.25, 0.3) is 11.1 Å². The first-order valence-electron chi connectivity index (χ1n) is 10.7. The van der Waals surface area contributed by atoms with Gasteiger partial charge in [-0.15, -0.1) is 11.8 Å². The Hall–Kier alpha value is -2.57. The highest BCUT2D eigenvalue weighted by Crippen LogP contribution is 2.25. The standard InChI is InChI=1S/C25H29N3O2S/c1-17-24(18(2)30-27-17)25(29)26-22-11-13-28(14-12-22)16-19-5-4-6-21(15-19)20-7-9-23(31-3)10-8-20/h4-10,15,22H,11-14,16H2,1-3H3,(H,26,29). The van der Waals surface area contributed by atoms with E-state index in [0.717, 1.165) is 32.5 Å². The number of benzene rings is 2. The fourth-order valence-corrected chi connectivity index (χ4v) is 4.60. The molecule has 1 aromatic heterocycles. The molecule has 5 nitrogen and oxygen atoms in total. The van der Waals surface area contributed by atoms with Crippen molar-refractivity contribution in [3.05, 3.63) is 71.1 Å². The SMILES string of the molecule is CSc1ccc(-c2cccc(CN3CCC(NC(=O)c4c(C)noc4C)CC3)c2)cc1. The molecule has 0 bridgehead atoms. The van der Waals surface area contributed by atoms with E-state index in [-0.39, 0.29) is 11.9 Å². The number of nitrogens with one attached hydrogen (secondary N) is 1. The van der Waals surface area contributed by atoms with Crippen molar-refractivity contribution in [1.29, 1.82) is 0 Å². The Morgan fingerprint density at radius 2 is 1.87 bits per heavy atom. The molecule has 1 amide bonds. The van der Waals surface area contributed by atoms with Crippen LogP contribution >= 0.6 is 11.8 Å². The number of piperidine rings is 1. The fraction of sp³-hybridized carbons (Fsp3) is 0.360. The highest BCUT2D eigenvalue weighted by molar-refractivity contribution is 7.98. The van der Waals surface area contributed by atoms with Crippen molar-refractivity contribution in [3.8, 4) is 11.1 Å². The van der Waals surface area contributed by atoms with Gasteiger partial charge in [0.25, 0.3) is 5.91 Å². The fourth-order valence-electron chi connectivity index (χ4n) is 4.19. The minimum atomic E-state index is -0.0742. The second-order valence-corrected chi connectivity index (χ2v) is 9.03. The first kappa shape index (κ1) is 21.7.